The number of halogens is 2. The number of pyridine rings is 2. The molecule has 3 heterocycles. The number of aryl methyl sites for hydroxylation is 2. The van der Waals surface area contributed by atoms with E-state index < -0.39 is 0 Å². The summed E-state index contributed by atoms with van der Waals surface area (Å²) in [5.41, 5.74) is 1.99. The average Bonchev–Trinajstić information content (AvgIpc) is 2.89. The van der Waals surface area contributed by atoms with Crippen molar-refractivity contribution in [3.63, 3.8) is 0 Å². The van der Waals surface area contributed by atoms with Gasteiger partial charge in [0, 0.05) is 85.0 Å². The molecule has 0 atom stereocenters. The van der Waals surface area contributed by atoms with E-state index in [-0.39, 0.29) is 11.1 Å². The Morgan fingerprint density at radius 3 is 2.50 bits per heavy atom. The van der Waals surface area contributed by atoms with Gasteiger partial charge in [-0.15, -0.1) is 6.42 Å². The first-order valence-corrected chi connectivity index (χ1v) is 10.5. The normalized spacial score (nSPS) is 11.0. The Labute approximate surface area is 159 Å². The smallest absolute Gasteiger partial charge is 0.275 e. The zero-order valence-corrected chi connectivity index (χ0v) is 16.4. The highest BCUT2D eigenvalue weighted by Gasteiger charge is 2.18. The third-order valence-electron chi connectivity index (χ3n) is 3.79. The fourth-order valence-electron chi connectivity index (χ4n) is 2.61. The van der Waals surface area contributed by atoms with Gasteiger partial charge in [0.15, 0.2) is 0 Å². The standard InChI is InChI=1S/C16H11ClIN3O2S/c1-4-9-7-19(2)14(22)6-10(9)12-8-20(3)16(23)15-11(12)5-13(17)21(15)24-18/h1,5-8H,2-3H3. The lowest BCUT2D eigenvalue weighted by Crippen LogP contribution is -2.19. The lowest BCUT2D eigenvalue weighted by atomic mass is 10.0. The number of hydrogen-bond acceptors (Lipinski definition) is 3. The van der Waals surface area contributed by atoms with Crippen LogP contribution >= 0.6 is 41.9 Å². The van der Waals surface area contributed by atoms with Crippen molar-refractivity contribution in [3.05, 3.63) is 56.0 Å². The van der Waals surface area contributed by atoms with Gasteiger partial charge in [-0.05, 0) is 6.07 Å². The van der Waals surface area contributed by atoms with Crippen LogP contribution in [0.2, 0.25) is 5.15 Å². The fourth-order valence-corrected chi connectivity index (χ4v) is 4.85. The van der Waals surface area contributed by atoms with Crippen LogP contribution in [-0.4, -0.2) is 13.1 Å². The van der Waals surface area contributed by atoms with Gasteiger partial charge in [0.1, 0.15) is 10.7 Å². The summed E-state index contributed by atoms with van der Waals surface area (Å²) in [4.78, 5) is 24.6. The van der Waals surface area contributed by atoms with Gasteiger partial charge in [0.25, 0.3) is 11.1 Å². The van der Waals surface area contributed by atoms with Gasteiger partial charge in [-0.3, -0.25) is 13.6 Å². The van der Waals surface area contributed by atoms with Crippen molar-refractivity contribution in [3.8, 4) is 23.5 Å². The summed E-state index contributed by atoms with van der Waals surface area (Å²) in [5, 5.41) is 1.09. The van der Waals surface area contributed by atoms with E-state index in [0.717, 1.165) is 0 Å². The van der Waals surface area contributed by atoms with Crippen LogP contribution in [0.1, 0.15) is 5.56 Å². The quantitative estimate of drug-likeness (QED) is 0.426. The molecule has 0 saturated carbocycles. The van der Waals surface area contributed by atoms with Crippen LogP contribution in [-0.2, 0) is 14.1 Å². The summed E-state index contributed by atoms with van der Waals surface area (Å²) < 4.78 is 4.55. The van der Waals surface area contributed by atoms with E-state index in [1.807, 2.05) is 0 Å². The topological polar surface area (TPSA) is 48.9 Å². The predicted octanol–water partition coefficient (Wildman–Crippen LogP) is 3.19. The zero-order valence-electron chi connectivity index (χ0n) is 12.7. The number of fused-ring (bicyclic) bond motifs is 1. The Morgan fingerprint density at radius 2 is 1.88 bits per heavy atom. The minimum Gasteiger partial charge on any atom is -0.317 e. The Balaban J connectivity index is 2.52. The second kappa shape index (κ2) is 6.35. The molecular formula is C16H11ClIN3O2S. The molecule has 0 amide bonds. The molecule has 5 nitrogen and oxygen atoms in total. The summed E-state index contributed by atoms with van der Waals surface area (Å²) >= 11 is 8.33. The van der Waals surface area contributed by atoms with E-state index in [0.29, 0.717) is 32.7 Å². The van der Waals surface area contributed by atoms with E-state index in [2.05, 4.69) is 27.1 Å². The van der Waals surface area contributed by atoms with Gasteiger partial charge in [0.05, 0.1) is 0 Å². The predicted molar refractivity (Wildman–Crippen MR) is 108 cm³/mol. The number of rotatable bonds is 2. The largest absolute Gasteiger partial charge is 0.317 e. The highest BCUT2D eigenvalue weighted by atomic mass is 127. The van der Waals surface area contributed by atoms with Crippen molar-refractivity contribution in [1.29, 1.82) is 0 Å². The monoisotopic (exact) mass is 471 g/mol. The summed E-state index contributed by atoms with van der Waals surface area (Å²) in [6, 6.07) is 3.20. The molecule has 8 heteroatoms. The van der Waals surface area contributed by atoms with Crippen molar-refractivity contribution in [2.45, 2.75) is 0 Å². The van der Waals surface area contributed by atoms with Crippen LogP contribution in [0.4, 0.5) is 0 Å². The second-order valence-corrected chi connectivity index (χ2v) is 7.32. The Hall–Kier alpha value is -1.63. The Bertz CT molecular complexity index is 1140. The van der Waals surface area contributed by atoms with Gasteiger partial charge < -0.3 is 9.13 Å². The minimum absolute atomic E-state index is 0.170. The van der Waals surface area contributed by atoms with Gasteiger partial charge >= 0.3 is 0 Å². The SMILES string of the molecule is C#Cc1cn(C)c(=O)cc1-c1cn(C)c(=O)c2c1cc(Cl)n2SI. The second-order valence-electron chi connectivity index (χ2n) is 5.25. The van der Waals surface area contributed by atoms with Gasteiger partial charge in [0.2, 0.25) is 0 Å². The van der Waals surface area contributed by atoms with Gasteiger partial charge in [-0.2, -0.15) is 0 Å². The van der Waals surface area contributed by atoms with Crippen LogP contribution in [0.3, 0.4) is 0 Å². The lowest BCUT2D eigenvalue weighted by molar-refractivity contribution is 0.856. The first-order chi connectivity index (χ1) is 11.4. The average molecular weight is 472 g/mol. The van der Waals surface area contributed by atoms with E-state index in [9.17, 15) is 9.59 Å². The maximum absolute atomic E-state index is 12.5. The highest BCUT2D eigenvalue weighted by Crippen LogP contribution is 2.35. The molecule has 24 heavy (non-hydrogen) atoms. The molecule has 0 fully saturated rings. The van der Waals surface area contributed by atoms with Crippen molar-refractivity contribution in [2.24, 2.45) is 14.1 Å². The highest BCUT2D eigenvalue weighted by molar-refractivity contribution is 14.2. The molecule has 0 N–H and O–H groups in total. The fraction of sp³-hybridized carbons (Fsp3) is 0.125. The third kappa shape index (κ3) is 2.59. The molecule has 0 aliphatic carbocycles. The Morgan fingerprint density at radius 1 is 1.17 bits per heavy atom. The van der Waals surface area contributed by atoms with Crippen molar-refractivity contribution in [1.82, 2.24) is 13.1 Å². The maximum atomic E-state index is 12.5. The van der Waals surface area contributed by atoms with Crippen LogP contribution in [0.25, 0.3) is 22.0 Å². The van der Waals surface area contributed by atoms with E-state index >= 15 is 0 Å². The van der Waals surface area contributed by atoms with Crippen molar-refractivity contribution < 1.29 is 0 Å². The molecular weight excluding hydrogens is 461 g/mol. The van der Waals surface area contributed by atoms with Gasteiger partial charge in [-0.1, -0.05) is 17.5 Å². The molecule has 122 valence electrons. The van der Waals surface area contributed by atoms with E-state index in [1.165, 1.54) is 24.3 Å². The van der Waals surface area contributed by atoms with Crippen molar-refractivity contribution in [2.75, 3.05) is 0 Å². The molecule has 3 rings (SSSR count). The third-order valence-corrected chi connectivity index (χ3v) is 5.87. The molecule has 0 spiro atoms. The minimum atomic E-state index is -0.181. The molecule has 0 saturated heterocycles. The van der Waals surface area contributed by atoms with Gasteiger partial charge in [-0.25, -0.2) is 0 Å². The number of nitrogens with zero attached hydrogens (tertiary/aromatic N) is 3. The molecule has 0 bridgehead atoms. The van der Waals surface area contributed by atoms with E-state index in [1.54, 1.807) is 36.5 Å². The first kappa shape index (κ1) is 17.2. The number of terminal acetylenes is 1. The molecule has 0 aromatic carbocycles. The zero-order chi connectivity index (χ0) is 17.6. The molecule has 0 aliphatic heterocycles. The van der Waals surface area contributed by atoms with Crippen LogP contribution in [0, 0.1) is 12.3 Å². The van der Waals surface area contributed by atoms with E-state index in [4.69, 9.17) is 18.0 Å². The number of hydrogen-bond donors (Lipinski definition) is 0. The van der Waals surface area contributed by atoms with Crippen LogP contribution in [0.15, 0.2) is 34.1 Å². The first-order valence-electron chi connectivity index (χ1n) is 6.76. The molecule has 0 aliphatic rings. The maximum Gasteiger partial charge on any atom is 0.275 e. The summed E-state index contributed by atoms with van der Waals surface area (Å²) in [5.74, 6) is 2.60. The molecule has 0 unspecified atom stereocenters. The molecule has 3 aromatic rings. The summed E-state index contributed by atoms with van der Waals surface area (Å²) in [6.45, 7) is 0. The Kier molecular flexibility index (Phi) is 4.55. The van der Waals surface area contributed by atoms with Crippen LogP contribution in [0.5, 0.6) is 0 Å². The molecule has 0 radical (unpaired) electrons. The molecule has 3 aromatic heterocycles. The van der Waals surface area contributed by atoms with Crippen LogP contribution < -0.4 is 11.1 Å². The number of aromatic nitrogens is 3. The van der Waals surface area contributed by atoms with Crippen molar-refractivity contribution >= 4 is 52.8 Å². The summed E-state index contributed by atoms with van der Waals surface area (Å²) in [6.07, 6.45) is 8.90. The lowest BCUT2D eigenvalue weighted by Gasteiger charge is -2.11. The summed E-state index contributed by atoms with van der Waals surface area (Å²) in [7, 11) is 4.61.